The number of fused-ring (bicyclic) bond motifs is 1. The normalized spacial score (nSPS) is 20.1. The number of nitrogens with zero attached hydrogens (tertiary/aromatic N) is 3. The van der Waals surface area contributed by atoms with E-state index in [-0.39, 0.29) is 46.9 Å². The summed E-state index contributed by atoms with van der Waals surface area (Å²) in [6.07, 6.45) is 5.63. The highest BCUT2D eigenvalue weighted by Crippen LogP contribution is 2.35. The number of amides is 3. The fraction of sp³-hybridized carbons (Fsp3) is 0.346. The van der Waals surface area contributed by atoms with Crippen LogP contribution in [0.2, 0.25) is 5.02 Å². The van der Waals surface area contributed by atoms with Crippen molar-refractivity contribution in [1.29, 1.82) is 0 Å². The number of nitrogens with one attached hydrogen (secondary N) is 2. The molecule has 1 aliphatic heterocycles. The molecule has 3 amide bonds. The van der Waals surface area contributed by atoms with Gasteiger partial charge in [0, 0.05) is 42.1 Å². The minimum Gasteiger partial charge on any atom is -0.449 e. The van der Waals surface area contributed by atoms with Gasteiger partial charge in [0.2, 0.25) is 17.6 Å². The van der Waals surface area contributed by atoms with Crippen LogP contribution < -0.4 is 16.4 Å². The average Bonchev–Trinajstić information content (AvgIpc) is 3.52. The summed E-state index contributed by atoms with van der Waals surface area (Å²) in [6, 6.07) is 8.03. The van der Waals surface area contributed by atoms with Crippen LogP contribution in [-0.2, 0) is 9.59 Å². The molecule has 3 heterocycles. The van der Waals surface area contributed by atoms with Gasteiger partial charge >= 0.3 is 0 Å². The van der Waals surface area contributed by atoms with Gasteiger partial charge in [-0.2, -0.15) is 0 Å². The van der Waals surface area contributed by atoms with Crippen molar-refractivity contribution in [3.05, 3.63) is 52.9 Å². The van der Waals surface area contributed by atoms with Crippen LogP contribution in [0.1, 0.15) is 54.6 Å². The van der Waals surface area contributed by atoms with Crippen molar-refractivity contribution >= 4 is 57.6 Å². The van der Waals surface area contributed by atoms with Gasteiger partial charge in [-0.25, -0.2) is 4.98 Å². The summed E-state index contributed by atoms with van der Waals surface area (Å²) in [4.78, 5) is 44.7. The van der Waals surface area contributed by atoms with Crippen LogP contribution in [0.15, 0.2) is 46.1 Å². The Hall–Kier alpha value is -4.12. The van der Waals surface area contributed by atoms with Crippen LogP contribution >= 0.6 is 11.6 Å². The number of pyridine rings is 1. The van der Waals surface area contributed by atoms with Crippen molar-refractivity contribution in [1.82, 2.24) is 9.88 Å². The summed E-state index contributed by atoms with van der Waals surface area (Å²) >= 11 is 5.88. The first kappa shape index (κ1) is 25.5. The Kier molecular flexibility index (Phi) is 7.19. The van der Waals surface area contributed by atoms with Gasteiger partial charge in [0.1, 0.15) is 17.1 Å². The van der Waals surface area contributed by atoms with E-state index >= 15 is 0 Å². The predicted molar refractivity (Wildman–Crippen MR) is 141 cm³/mol. The number of carbonyl (C=O) groups excluding carboxylic acids is 3. The predicted octanol–water partition coefficient (Wildman–Crippen LogP) is 3.95. The van der Waals surface area contributed by atoms with Crippen molar-refractivity contribution < 1.29 is 24.0 Å². The number of hydrogen-bond donors (Lipinski definition) is 4. The first-order valence-electron chi connectivity index (χ1n) is 12.4. The first-order valence-corrected chi connectivity index (χ1v) is 12.8. The summed E-state index contributed by atoms with van der Waals surface area (Å²) in [5, 5.41) is 18.5. The average molecular weight is 539 g/mol. The van der Waals surface area contributed by atoms with Crippen LogP contribution in [0.3, 0.4) is 0 Å². The van der Waals surface area contributed by atoms with Gasteiger partial charge < -0.3 is 30.9 Å². The second-order valence-corrected chi connectivity index (χ2v) is 9.94. The van der Waals surface area contributed by atoms with E-state index in [1.165, 1.54) is 6.20 Å². The number of benzene rings is 1. The number of nitrogens with two attached hydrogens (primary N) is 1. The molecule has 0 spiro atoms. The quantitative estimate of drug-likeness (QED) is 0.160. The zero-order chi connectivity index (χ0) is 26.8. The van der Waals surface area contributed by atoms with Crippen LogP contribution in [0.4, 0.5) is 11.5 Å². The van der Waals surface area contributed by atoms with E-state index < -0.39 is 5.91 Å². The zero-order valence-electron chi connectivity index (χ0n) is 20.4. The molecule has 3 aromatic rings. The van der Waals surface area contributed by atoms with E-state index in [0.29, 0.717) is 40.8 Å². The van der Waals surface area contributed by atoms with Crippen LogP contribution in [0.5, 0.6) is 0 Å². The van der Waals surface area contributed by atoms with Gasteiger partial charge in [-0.15, -0.1) is 0 Å². The molecule has 5 rings (SSSR count). The monoisotopic (exact) mass is 538 g/mol. The topological polar surface area (TPSA) is 163 Å². The molecule has 38 heavy (non-hydrogen) atoms. The molecule has 2 fully saturated rings. The number of oxime groups is 1. The summed E-state index contributed by atoms with van der Waals surface area (Å²) in [5.41, 5.74) is 6.67. The summed E-state index contributed by atoms with van der Waals surface area (Å²) in [7, 11) is 0. The maximum atomic E-state index is 13.4. The highest BCUT2D eigenvalue weighted by molar-refractivity contribution is 6.30. The molecular formula is C26H27ClN6O5. The fourth-order valence-electron chi connectivity index (χ4n) is 5.15. The summed E-state index contributed by atoms with van der Waals surface area (Å²) in [6.45, 7) is 0.783. The Morgan fingerprint density at radius 2 is 1.95 bits per heavy atom. The standard InChI is InChI=1S/C26H27ClN6O5/c27-16-6-10-20(29-13-16)30-26(36)23-22(18-12-15(24(28)32-37)5-9-19(18)38-23)31-25(35)14-3-7-17(8-4-14)33-11-1-2-21(33)34/h5-6,9-10,12-14,17,37H,1-4,7-8,11H2,(H2,28,32)(H,31,35)(H,29,30,36)/t14-,17-. The first-order chi connectivity index (χ1) is 18.3. The summed E-state index contributed by atoms with van der Waals surface area (Å²) in [5.74, 6) is -0.941. The van der Waals surface area contributed by atoms with Gasteiger partial charge in [0.05, 0.1) is 5.02 Å². The number of amidine groups is 1. The van der Waals surface area contributed by atoms with Crippen molar-refractivity contribution in [2.75, 3.05) is 17.2 Å². The van der Waals surface area contributed by atoms with Crippen LogP contribution in [0.25, 0.3) is 11.0 Å². The molecule has 11 nitrogen and oxygen atoms in total. The number of furan rings is 1. The maximum absolute atomic E-state index is 13.4. The van der Waals surface area contributed by atoms with E-state index in [9.17, 15) is 14.4 Å². The molecule has 2 aromatic heterocycles. The van der Waals surface area contributed by atoms with E-state index in [2.05, 4.69) is 20.8 Å². The van der Waals surface area contributed by atoms with E-state index in [1.807, 2.05) is 4.90 Å². The van der Waals surface area contributed by atoms with Gasteiger partial charge in [0.25, 0.3) is 5.91 Å². The Morgan fingerprint density at radius 1 is 1.16 bits per heavy atom. The molecule has 12 heteroatoms. The molecule has 0 bridgehead atoms. The Morgan fingerprint density at radius 3 is 2.61 bits per heavy atom. The SMILES string of the molecule is NC(=NO)c1ccc2oc(C(=O)Nc3ccc(Cl)cn3)c(NC(=O)[C@H]3CC[C@H](N4CCCC4=O)CC3)c2c1. The lowest BCUT2D eigenvalue weighted by Gasteiger charge is -2.34. The molecule has 0 radical (unpaired) electrons. The number of anilines is 2. The molecule has 1 aliphatic carbocycles. The van der Waals surface area contributed by atoms with Gasteiger partial charge in [-0.1, -0.05) is 16.8 Å². The third-order valence-corrected chi connectivity index (χ3v) is 7.36. The zero-order valence-corrected chi connectivity index (χ0v) is 21.2. The van der Waals surface area contributed by atoms with Crippen molar-refractivity contribution in [3.63, 3.8) is 0 Å². The third-order valence-electron chi connectivity index (χ3n) is 7.13. The highest BCUT2D eigenvalue weighted by atomic mass is 35.5. The fourth-order valence-corrected chi connectivity index (χ4v) is 5.26. The lowest BCUT2D eigenvalue weighted by atomic mass is 9.84. The number of rotatable bonds is 6. The van der Waals surface area contributed by atoms with Gasteiger partial charge in [-0.3, -0.25) is 14.4 Å². The molecule has 1 saturated carbocycles. The second-order valence-electron chi connectivity index (χ2n) is 9.50. The number of hydrogen-bond acceptors (Lipinski definition) is 7. The molecular weight excluding hydrogens is 512 g/mol. The number of aromatic nitrogens is 1. The molecule has 1 saturated heterocycles. The number of halogens is 1. The minimum absolute atomic E-state index is 0.113. The molecule has 1 aromatic carbocycles. The molecule has 198 valence electrons. The van der Waals surface area contributed by atoms with Gasteiger partial charge in [0.15, 0.2) is 5.84 Å². The Labute approximate surface area is 223 Å². The lowest BCUT2D eigenvalue weighted by Crippen LogP contribution is -2.40. The Balaban J connectivity index is 1.40. The third kappa shape index (κ3) is 5.14. The molecule has 5 N–H and O–H groups in total. The largest absolute Gasteiger partial charge is 0.449 e. The van der Waals surface area contributed by atoms with Crippen LogP contribution in [0, 0.1) is 5.92 Å². The molecule has 2 aliphatic rings. The van der Waals surface area contributed by atoms with E-state index in [4.69, 9.17) is 27.0 Å². The smallest absolute Gasteiger partial charge is 0.294 e. The van der Waals surface area contributed by atoms with E-state index in [0.717, 1.165) is 25.8 Å². The molecule has 0 atom stereocenters. The van der Waals surface area contributed by atoms with Crippen molar-refractivity contribution in [2.45, 2.75) is 44.6 Å². The van der Waals surface area contributed by atoms with Gasteiger partial charge in [-0.05, 0) is 62.4 Å². The molecule has 0 unspecified atom stereocenters. The van der Waals surface area contributed by atoms with Crippen molar-refractivity contribution in [3.8, 4) is 0 Å². The summed E-state index contributed by atoms with van der Waals surface area (Å²) < 4.78 is 5.84. The Bertz CT molecular complexity index is 1410. The lowest BCUT2D eigenvalue weighted by molar-refractivity contribution is -0.130. The van der Waals surface area contributed by atoms with Crippen molar-refractivity contribution in [2.24, 2.45) is 16.8 Å². The minimum atomic E-state index is -0.618. The van der Waals surface area contributed by atoms with E-state index in [1.54, 1.807) is 30.3 Å². The highest BCUT2D eigenvalue weighted by Gasteiger charge is 2.34. The maximum Gasteiger partial charge on any atom is 0.294 e. The van der Waals surface area contributed by atoms with Crippen LogP contribution in [-0.4, -0.2) is 51.2 Å². The number of likely N-dealkylation sites (tertiary alicyclic amines) is 1. The second kappa shape index (κ2) is 10.7. The number of carbonyl (C=O) groups is 3.